The van der Waals surface area contributed by atoms with Crippen LogP contribution < -0.4 is 20.1 Å². The van der Waals surface area contributed by atoms with Crippen molar-refractivity contribution in [1.82, 2.24) is 15.5 Å². The average molecular weight is 546 g/mol. The molecular formula is C23H39IN4O3. The summed E-state index contributed by atoms with van der Waals surface area (Å²) in [5.74, 6) is 2.54. The number of nitrogens with zero attached hydrogens (tertiary/aromatic N) is 2. The van der Waals surface area contributed by atoms with E-state index in [9.17, 15) is 0 Å². The largest absolute Gasteiger partial charge is 0.497 e. The average Bonchev–Trinajstić information content (AvgIpc) is 3.29. The van der Waals surface area contributed by atoms with Gasteiger partial charge in [-0.3, -0.25) is 4.90 Å². The molecule has 1 aliphatic heterocycles. The fraction of sp³-hybridized carbons (Fsp3) is 0.696. The first-order valence-corrected chi connectivity index (χ1v) is 11.4. The van der Waals surface area contributed by atoms with E-state index < -0.39 is 0 Å². The van der Waals surface area contributed by atoms with E-state index in [1.807, 2.05) is 12.1 Å². The van der Waals surface area contributed by atoms with Gasteiger partial charge in [-0.25, -0.2) is 4.99 Å². The maximum Gasteiger partial charge on any atom is 0.191 e. The van der Waals surface area contributed by atoms with Crippen molar-refractivity contribution in [2.75, 3.05) is 46.5 Å². The van der Waals surface area contributed by atoms with Gasteiger partial charge in [-0.1, -0.05) is 0 Å². The summed E-state index contributed by atoms with van der Waals surface area (Å²) in [5.41, 5.74) is 1.08. The highest BCUT2D eigenvalue weighted by Gasteiger charge is 2.19. The summed E-state index contributed by atoms with van der Waals surface area (Å²) >= 11 is 0. The van der Waals surface area contributed by atoms with Crippen LogP contribution in [0, 0.1) is 0 Å². The minimum Gasteiger partial charge on any atom is -0.497 e. The van der Waals surface area contributed by atoms with Crippen LogP contribution in [-0.4, -0.2) is 69.5 Å². The lowest BCUT2D eigenvalue weighted by Crippen LogP contribution is -2.49. The SMILES string of the molecule is CCNC(=NCc1ccc(OC)cc1OC1CCCC1)NCC(C)N1CCOCC1.I. The number of morpholine rings is 1. The van der Waals surface area contributed by atoms with Gasteiger partial charge in [-0.05, 0) is 51.7 Å². The van der Waals surface area contributed by atoms with E-state index in [0.717, 1.165) is 75.3 Å². The molecule has 2 fully saturated rings. The van der Waals surface area contributed by atoms with Crippen LogP contribution in [0.3, 0.4) is 0 Å². The number of nitrogens with one attached hydrogen (secondary N) is 2. The Morgan fingerprint density at radius 1 is 1.23 bits per heavy atom. The standard InChI is InChI=1S/C23H38N4O3.HI/c1-4-24-23(25-16-18(2)27-11-13-29-14-12-27)26-17-19-9-10-21(28-3)15-22(19)30-20-7-5-6-8-20;/h9-10,15,18,20H,4-8,11-14,16-17H2,1-3H3,(H2,24,25,26);1H. The van der Waals surface area contributed by atoms with E-state index in [1.165, 1.54) is 12.8 Å². The molecule has 2 aliphatic rings. The molecule has 1 heterocycles. The Bertz CT molecular complexity index is 677. The number of methoxy groups -OCH3 is 1. The molecule has 1 aliphatic carbocycles. The van der Waals surface area contributed by atoms with Gasteiger partial charge in [0, 0.05) is 43.9 Å². The second-order valence-corrected chi connectivity index (χ2v) is 8.07. The predicted octanol–water partition coefficient (Wildman–Crippen LogP) is 3.41. The Morgan fingerprint density at radius 3 is 2.65 bits per heavy atom. The summed E-state index contributed by atoms with van der Waals surface area (Å²) < 4.78 is 17.2. The monoisotopic (exact) mass is 546 g/mol. The number of rotatable bonds is 9. The Balaban J connectivity index is 0.00000341. The fourth-order valence-corrected chi connectivity index (χ4v) is 3.99. The van der Waals surface area contributed by atoms with Gasteiger partial charge < -0.3 is 24.8 Å². The van der Waals surface area contributed by atoms with Gasteiger partial charge in [0.25, 0.3) is 0 Å². The fourth-order valence-electron chi connectivity index (χ4n) is 3.99. The first-order valence-electron chi connectivity index (χ1n) is 11.4. The van der Waals surface area contributed by atoms with Crippen molar-refractivity contribution in [2.45, 2.75) is 58.2 Å². The van der Waals surface area contributed by atoms with Crippen molar-refractivity contribution < 1.29 is 14.2 Å². The topological polar surface area (TPSA) is 67.4 Å². The van der Waals surface area contributed by atoms with E-state index in [4.69, 9.17) is 19.2 Å². The van der Waals surface area contributed by atoms with Gasteiger partial charge in [0.1, 0.15) is 11.5 Å². The normalized spacial score (nSPS) is 18.9. The molecule has 1 saturated carbocycles. The lowest BCUT2D eigenvalue weighted by atomic mass is 10.2. The maximum atomic E-state index is 6.31. The van der Waals surface area contributed by atoms with Crippen molar-refractivity contribution >= 4 is 29.9 Å². The molecule has 1 saturated heterocycles. The van der Waals surface area contributed by atoms with Gasteiger partial charge in [0.2, 0.25) is 0 Å². The first-order chi connectivity index (χ1) is 14.7. The molecule has 7 nitrogen and oxygen atoms in total. The molecule has 1 atom stereocenters. The highest BCUT2D eigenvalue weighted by Crippen LogP contribution is 2.30. The molecule has 176 valence electrons. The minimum atomic E-state index is 0. The van der Waals surface area contributed by atoms with Crippen LogP contribution in [0.1, 0.15) is 45.1 Å². The molecule has 3 rings (SSSR count). The molecule has 8 heteroatoms. The van der Waals surface area contributed by atoms with Gasteiger partial charge in [-0.2, -0.15) is 0 Å². The maximum absolute atomic E-state index is 6.31. The zero-order valence-corrected chi connectivity index (χ0v) is 21.5. The Labute approximate surface area is 204 Å². The number of ether oxygens (including phenoxy) is 3. The number of benzene rings is 1. The molecule has 0 amide bonds. The number of hydrogen-bond donors (Lipinski definition) is 2. The van der Waals surface area contributed by atoms with Crippen molar-refractivity contribution in [1.29, 1.82) is 0 Å². The van der Waals surface area contributed by atoms with Crippen LogP contribution in [-0.2, 0) is 11.3 Å². The molecule has 1 aromatic carbocycles. The molecule has 0 spiro atoms. The van der Waals surface area contributed by atoms with Crippen molar-refractivity contribution in [3.63, 3.8) is 0 Å². The van der Waals surface area contributed by atoms with E-state index in [1.54, 1.807) is 7.11 Å². The summed E-state index contributed by atoms with van der Waals surface area (Å²) in [6, 6.07) is 6.46. The molecule has 0 aromatic heterocycles. The number of guanidine groups is 1. The van der Waals surface area contributed by atoms with E-state index in [-0.39, 0.29) is 24.0 Å². The molecular weight excluding hydrogens is 507 g/mol. The Kier molecular flexibility index (Phi) is 11.7. The van der Waals surface area contributed by atoms with Crippen molar-refractivity contribution in [3.05, 3.63) is 23.8 Å². The van der Waals surface area contributed by atoms with Crippen molar-refractivity contribution in [3.8, 4) is 11.5 Å². The third-order valence-corrected chi connectivity index (χ3v) is 5.86. The highest BCUT2D eigenvalue weighted by atomic mass is 127. The summed E-state index contributed by atoms with van der Waals surface area (Å²) in [7, 11) is 1.69. The Hall–Kier alpha value is -1.26. The van der Waals surface area contributed by atoms with Crippen LogP contribution in [0.4, 0.5) is 0 Å². The third kappa shape index (κ3) is 8.31. The van der Waals surface area contributed by atoms with Crippen LogP contribution >= 0.6 is 24.0 Å². The molecule has 31 heavy (non-hydrogen) atoms. The molecule has 2 N–H and O–H groups in total. The third-order valence-electron chi connectivity index (χ3n) is 5.86. The zero-order chi connectivity index (χ0) is 21.2. The van der Waals surface area contributed by atoms with Crippen LogP contribution in [0.2, 0.25) is 0 Å². The molecule has 1 unspecified atom stereocenters. The smallest absolute Gasteiger partial charge is 0.191 e. The summed E-state index contributed by atoms with van der Waals surface area (Å²) in [6.45, 7) is 10.2. The zero-order valence-electron chi connectivity index (χ0n) is 19.2. The summed E-state index contributed by atoms with van der Waals surface area (Å²) in [6.07, 6.45) is 5.06. The van der Waals surface area contributed by atoms with E-state index >= 15 is 0 Å². The summed E-state index contributed by atoms with van der Waals surface area (Å²) in [5, 5.41) is 6.85. The lowest BCUT2D eigenvalue weighted by molar-refractivity contribution is 0.0211. The van der Waals surface area contributed by atoms with Crippen molar-refractivity contribution in [2.24, 2.45) is 4.99 Å². The minimum absolute atomic E-state index is 0. The van der Waals surface area contributed by atoms with Crippen LogP contribution in [0.5, 0.6) is 11.5 Å². The van der Waals surface area contributed by atoms with Gasteiger partial charge in [0.05, 0.1) is 33.0 Å². The summed E-state index contributed by atoms with van der Waals surface area (Å²) in [4.78, 5) is 7.28. The lowest BCUT2D eigenvalue weighted by Gasteiger charge is -2.32. The Morgan fingerprint density at radius 2 is 1.97 bits per heavy atom. The molecule has 1 aromatic rings. The van der Waals surface area contributed by atoms with Crippen LogP contribution in [0.15, 0.2) is 23.2 Å². The first kappa shape index (κ1) is 26.0. The van der Waals surface area contributed by atoms with Crippen LogP contribution in [0.25, 0.3) is 0 Å². The molecule has 0 radical (unpaired) electrons. The quantitative estimate of drug-likeness (QED) is 0.281. The van der Waals surface area contributed by atoms with Gasteiger partial charge in [-0.15, -0.1) is 24.0 Å². The predicted molar refractivity (Wildman–Crippen MR) is 136 cm³/mol. The highest BCUT2D eigenvalue weighted by molar-refractivity contribution is 14.0. The van der Waals surface area contributed by atoms with E-state index in [2.05, 4.69) is 35.4 Å². The second kappa shape index (κ2) is 14.0. The molecule has 0 bridgehead atoms. The van der Waals surface area contributed by atoms with Gasteiger partial charge >= 0.3 is 0 Å². The van der Waals surface area contributed by atoms with E-state index in [0.29, 0.717) is 18.7 Å². The number of aliphatic imine (C=N–C) groups is 1. The number of hydrogen-bond acceptors (Lipinski definition) is 5. The second-order valence-electron chi connectivity index (χ2n) is 8.07. The number of halogens is 1. The van der Waals surface area contributed by atoms with Gasteiger partial charge in [0.15, 0.2) is 5.96 Å².